The number of nitrogens with zero attached hydrogens (tertiary/aromatic N) is 2. The highest BCUT2D eigenvalue weighted by Gasteiger charge is 2.22. The molecule has 5 aromatic rings. The van der Waals surface area contributed by atoms with Gasteiger partial charge in [-0.2, -0.15) is 0 Å². The summed E-state index contributed by atoms with van der Waals surface area (Å²) in [6.07, 6.45) is 1.70. The quantitative estimate of drug-likeness (QED) is 0.309. The van der Waals surface area contributed by atoms with E-state index in [1.807, 2.05) is 81.4 Å². The number of aromatic amines is 1. The van der Waals surface area contributed by atoms with E-state index in [1.165, 1.54) is 6.07 Å². The number of pyridine rings is 3. The molecule has 1 amide bonds. The van der Waals surface area contributed by atoms with Gasteiger partial charge in [-0.1, -0.05) is 68.8 Å². The predicted octanol–water partition coefficient (Wildman–Crippen LogP) is 6.44. The van der Waals surface area contributed by atoms with Gasteiger partial charge in [0.1, 0.15) is 11.5 Å². The van der Waals surface area contributed by atoms with Crippen molar-refractivity contribution in [3.05, 3.63) is 88.2 Å². The lowest BCUT2D eigenvalue weighted by Gasteiger charge is -2.18. The van der Waals surface area contributed by atoms with Crippen molar-refractivity contribution >= 4 is 45.3 Å². The summed E-state index contributed by atoms with van der Waals surface area (Å²) in [5.74, 6) is 0.105. The largest absolute Gasteiger partial charge is 0.326 e. The van der Waals surface area contributed by atoms with Gasteiger partial charge in [0.15, 0.2) is 5.43 Å². The molecule has 0 saturated carbocycles. The molecule has 0 radical (unpaired) electrons. The number of H-pyrrole nitrogens is 1. The van der Waals surface area contributed by atoms with E-state index in [9.17, 15) is 9.59 Å². The SMILES string of the molecule is CC(C)(C)C(=O)Nc1cc(=O)c2cc(-c3cc(Cl)c4ncccc4c3)c(-c3ccccc3)nc2[nH]1. The number of carbonyl (C=O) groups is 1. The van der Waals surface area contributed by atoms with E-state index >= 15 is 0 Å². The normalized spacial score (nSPS) is 11.7. The molecule has 0 aliphatic heterocycles. The van der Waals surface area contributed by atoms with Gasteiger partial charge in [-0.25, -0.2) is 4.98 Å². The molecule has 0 fully saturated rings. The Bertz CT molecular complexity index is 1650. The number of amides is 1. The first kappa shape index (κ1) is 22.7. The number of aromatic nitrogens is 3. The van der Waals surface area contributed by atoms with Crippen molar-refractivity contribution in [3.63, 3.8) is 0 Å². The second kappa shape index (κ2) is 8.64. The van der Waals surface area contributed by atoms with Gasteiger partial charge in [0.05, 0.1) is 21.6 Å². The van der Waals surface area contributed by atoms with Gasteiger partial charge in [0.2, 0.25) is 5.91 Å². The molecule has 0 atom stereocenters. The van der Waals surface area contributed by atoms with Gasteiger partial charge in [-0.05, 0) is 29.8 Å². The van der Waals surface area contributed by atoms with E-state index in [4.69, 9.17) is 16.6 Å². The van der Waals surface area contributed by atoms with Crippen LogP contribution in [0, 0.1) is 5.41 Å². The number of halogens is 1. The molecule has 0 aliphatic carbocycles. The van der Waals surface area contributed by atoms with E-state index in [0.717, 1.165) is 22.1 Å². The van der Waals surface area contributed by atoms with Gasteiger partial charge in [-0.3, -0.25) is 14.6 Å². The Balaban J connectivity index is 1.75. The second-order valence-corrected chi connectivity index (χ2v) is 9.84. The van der Waals surface area contributed by atoms with Crippen molar-refractivity contribution in [3.8, 4) is 22.4 Å². The molecular weight excluding hydrogens is 460 g/mol. The summed E-state index contributed by atoms with van der Waals surface area (Å²) in [6.45, 7) is 5.43. The van der Waals surface area contributed by atoms with Crippen LogP contribution in [0.3, 0.4) is 0 Å². The lowest BCUT2D eigenvalue weighted by molar-refractivity contribution is -0.123. The monoisotopic (exact) mass is 482 g/mol. The fourth-order valence-corrected chi connectivity index (χ4v) is 4.16. The first-order valence-corrected chi connectivity index (χ1v) is 11.6. The highest BCUT2D eigenvalue weighted by molar-refractivity contribution is 6.35. The Morgan fingerprint density at radius 2 is 1.74 bits per heavy atom. The zero-order chi connectivity index (χ0) is 24.7. The lowest BCUT2D eigenvalue weighted by Crippen LogP contribution is -2.28. The average Bonchev–Trinajstić information content (AvgIpc) is 2.83. The van der Waals surface area contributed by atoms with E-state index in [2.05, 4.69) is 15.3 Å². The lowest BCUT2D eigenvalue weighted by atomic mass is 9.95. The van der Waals surface area contributed by atoms with Crippen molar-refractivity contribution in [1.82, 2.24) is 15.0 Å². The number of hydrogen-bond donors (Lipinski definition) is 2. The third-order valence-electron chi connectivity index (χ3n) is 5.76. The highest BCUT2D eigenvalue weighted by Crippen LogP contribution is 2.36. The minimum absolute atomic E-state index is 0.202. The summed E-state index contributed by atoms with van der Waals surface area (Å²) in [5.41, 5.74) is 3.42. The Morgan fingerprint density at radius 1 is 0.971 bits per heavy atom. The summed E-state index contributed by atoms with van der Waals surface area (Å²) in [6, 6.07) is 20.6. The summed E-state index contributed by atoms with van der Waals surface area (Å²) in [5, 5.41) is 4.61. The van der Waals surface area contributed by atoms with Crippen LogP contribution in [-0.2, 0) is 4.79 Å². The maximum atomic E-state index is 13.1. The molecule has 174 valence electrons. The van der Waals surface area contributed by atoms with Crippen molar-refractivity contribution in [2.45, 2.75) is 20.8 Å². The van der Waals surface area contributed by atoms with Crippen LogP contribution in [0.5, 0.6) is 0 Å². The zero-order valence-corrected chi connectivity index (χ0v) is 20.3. The first-order chi connectivity index (χ1) is 16.7. The molecule has 0 spiro atoms. The minimum atomic E-state index is -0.609. The summed E-state index contributed by atoms with van der Waals surface area (Å²) in [4.78, 5) is 37.9. The van der Waals surface area contributed by atoms with Crippen LogP contribution in [0.2, 0.25) is 5.02 Å². The van der Waals surface area contributed by atoms with Crippen molar-refractivity contribution in [1.29, 1.82) is 0 Å². The van der Waals surface area contributed by atoms with Crippen LogP contribution < -0.4 is 10.7 Å². The number of benzene rings is 2. The Morgan fingerprint density at radius 3 is 2.49 bits per heavy atom. The van der Waals surface area contributed by atoms with Gasteiger partial charge >= 0.3 is 0 Å². The number of rotatable bonds is 3. The molecule has 6 nitrogen and oxygen atoms in total. The maximum Gasteiger partial charge on any atom is 0.230 e. The molecule has 0 bridgehead atoms. The molecule has 0 saturated heterocycles. The van der Waals surface area contributed by atoms with Gasteiger partial charge in [0.25, 0.3) is 0 Å². The second-order valence-electron chi connectivity index (χ2n) is 9.43. The maximum absolute atomic E-state index is 13.1. The van der Waals surface area contributed by atoms with Crippen LogP contribution in [-0.4, -0.2) is 20.9 Å². The Kier molecular flexibility index (Phi) is 5.61. The smallest absolute Gasteiger partial charge is 0.230 e. The molecule has 2 N–H and O–H groups in total. The Labute approximate surface area is 207 Å². The molecule has 2 aromatic carbocycles. The van der Waals surface area contributed by atoms with Gasteiger partial charge < -0.3 is 10.3 Å². The standard InChI is InChI=1S/C28H23ClN4O2/c1-28(2,3)27(35)32-23-15-22(34)20-14-19(18-12-17-10-7-11-30-25(17)21(29)13-18)24(33-26(20)31-23)16-8-5-4-6-9-16/h4-15H,1-3H3,(H2,31,32,33,34,35). The van der Waals surface area contributed by atoms with Crippen LogP contribution in [0.15, 0.2) is 77.7 Å². The molecule has 3 heterocycles. The third-order valence-corrected chi connectivity index (χ3v) is 6.05. The molecule has 0 unspecified atom stereocenters. The molecule has 3 aromatic heterocycles. The first-order valence-electron chi connectivity index (χ1n) is 11.2. The number of nitrogens with one attached hydrogen (secondary N) is 2. The van der Waals surface area contributed by atoms with Crippen molar-refractivity contribution in [2.24, 2.45) is 5.41 Å². The van der Waals surface area contributed by atoms with Crippen LogP contribution in [0.1, 0.15) is 20.8 Å². The fraction of sp³-hybridized carbons (Fsp3) is 0.143. The summed E-state index contributed by atoms with van der Waals surface area (Å²) < 4.78 is 0. The third kappa shape index (κ3) is 4.40. The fourth-order valence-electron chi connectivity index (χ4n) is 3.89. The number of hydrogen-bond acceptors (Lipinski definition) is 4. The van der Waals surface area contributed by atoms with Crippen LogP contribution >= 0.6 is 11.6 Å². The molecule has 7 heteroatoms. The van der Waals surface area contributed by atoms with Crippen molar-refractivity contribution in [2.75, 3.05) is 5.32 Å². The van der Waals surface area contributed by atoms with E-state index in [-0.39, 0.29) is 11.3 Å². The summed E-state index contributed by atoms with van der Waals surface area (Å²) in [7, 11) is 0. The highest BCUT2D eigenvalue weighted by atomic mass is 35.5. The minimum Gasteiger partial charge on any atom is -0.326 e. The molecular formula is C28H23ClN4O2. The van der Waals surface area contributed by atoms with Gasteiger partial charge in [0, 0.05) is 34.2 Å². The zero-order valence-electron chi connectivity index (χ0n) is 19.5. The van der Waals surface area contributed by atoms with Crippen molar-refractivity contribution < 1.29 is 4.79 Å². The van der Waals surface area contributed by atoms with E-state index in [0.29, 0.717) is 33.1 Å². The van der Waals surface area contributed by atoms with Crippen LogP contribution in [0.25, 0.3) is 44.3 Å². The molecule has 35 heavy (non-hydrogen) atoms. The van der Waals surface area contributed by atoms with Crippen LogP contribution in [0.4, 0.5) is 5.82 Å². The average molecular weight is 483 g/mol. The number of anilines is 1. The Hall–Kier alpha value is -4.03. The summed E-state index contributed by atoms with van der Waals surface area (Å²) >= 11 is 6.57. The molecule has 5 rings (SSSR count). The van der Waals surface area contributed by atoms with E-state index in [1.54, 1.807) is 6.20 Å². The number of fused-ring (bicyclic) bond motifs is 2. The predicted molar refractivity (Wildman–Crippen MR) is 142 cm³/mol. The topological polar surface area (TPSA) is 87.7 Å². The molecule has 0 aliphatic rings. The van der Waals surface area contributed by atoms with E-state index < -0.39 is 5.41 Å². The number of carbonyl (C=O) groups excluding carboxylic acids is 1. The van der Waals surface area contributed by atoms with Gasteiger partial charge in [-0.15, -0.1) is 0 Å².